The Kier molecular flexibility index (Phi) is 6.16. The summed E-state index contributed by atoms with van der Waals surface area (Å²) in [4.78, 5) is 15.2. The fraction of sp³-hybridized carbons (Fsp3) is 0.0870. The van der Waals surface area contributed by atoms with Crippen molar-refractivity contribution in [3.05, 3.63) is 99.3 Å². The maximum absolute atomic E-state index is 13.0. The van der Waals surface area contributed by atoms with Crippen molar-refractivity contribution in [1.29, 1.82) is 0 Å². The number of furan rings is 1. The van der Waals surface area contributed by atoms with Gasteiger partial charge in [-0.15, -0.1) is 5.10 Å². The summed E-state index contributed by atoms with van der Waals surface area (Å²) in [6.45, 7) is 2.30. The highest BCUT2D eigenvalue weighted by Gasteiger charge is 2.34. The molecule has 0 radical (unpaired) electrons. The number of thioether (sulfide) groups is 1. The molecule has 0 unspecified atom stereocenters. The Labute approximate surface area is 183 Å². The van der Waals surface area contributed by atoms with E-state index >= 15 is 0 Å². The van der Waals surface area contributed by atoms with Crippen LogP contribution in [0.2, 0.25) is 5.02 Å². The molecule has 2 heterocycles. The summed E-state index contributed by atoms with van der Waals surface area (Å²) in [5.74, 6) is 0.531. The van der Waals surface area contributed by atoms with Crippen molar-refractivity contribution in [3.8, 4) is 0 Å². The minimum Gasteiger partial charge on any atom is -0.467 e. The maximum Gasteiger partial charge on any atom is 0.267 e. The molecule has 4 rings (SSSR count). The summed E-state index contributed by atoms with van der Waals surface area (Å²) in [5, 5.41) is 9.70. The molecule has 30 heavy (non-hydrogen) atoms. The monoisotopic (exact) mass is 435 g/mol. The highest BCUT2D eigenvalue weighted by molar-refractivity contribution is 8.18. The van der Waals surface area contributed by atoms with E-state index in [0.29, 0.717) is 20.9 Å². The SMILES string of the molecule is Cc1ccccc1/C=N/N=C1\S/C(=C\c2ccc(Cl)cc2)C(=O)N1Cc1ccco1. The lowest BCUT2D eigenvalue weighted by atomic mass is 10.1. The molecule has 1 aliphatic rings. The predicted octanol–water partition coefficient (Wildman–Crippen LogP) is 5.75. The highest BCUT2D eigenvalue weighted by atomic mass is 35.5. The number of rotatable bonds is 5. The molecule has 1 amide bonds. The van der Waals surface area contributed by atoms with Gasteiger partial charge in [0.1, 0.15) is 5.76 Å². The number of aryl methyl sites for hydroxylation is 1. The van der Waals surface area contributed by atoms with Crippen molar-refractivity contribution < 1.29 is 9.21 Å². The molecule has 1 saturated heterocycles. The Morgan fingerprint density at radius 1 is 1.10 bits per heavy atom. The van der Waals surface area contributed by atoms with Gasteiger partial charge in [0.25, 0.3) is 5.91 Å². The van der Waals surface area contributed by atoms with Crippen molar-refractivity contribution in [2.75, 3.05) is 0 Å². The molecule has 7 heteroatoms. The first-order valence-corrected chi connectivity index (χ1v) is 10.5. The second-order valence-electron chi connectivity index (χ2n) is 6.62. The van der Waals surface area contributed by atoms with Crippen LogP contribution in [0.1, 0.15) is 22.5 Å². The van der Waals surface area contributed by atoms with E-state index in [4.69, 9.17) is 16.0 Å². The smallest absolute Gasteiger partial charge is 0.267 e. The third-order valence-corrected chi connectivity index (χ3v) is 5.73. The number of amidine groups is 1. The molecule has 0 aliphatic carbocycles. The number of halogens is 1. The van der Waals surface area contributed by atoms with Gasteiger partial charge in [0.05, 0.1) is 23.9 Å². The Balaban J connectivity index is 1.62. The molecule has 0 bridgehead atoms. The molecule has 1 aromatic heterocycles. The third kappa shape index (κ3) is 4.72. The van der Waals surface area contributed by atoms with Crippen molar-refractivity contribution >= 4 is 46.7 Å². The van der Waals surface area contributed by atoms with Crippen LogP contribution in [0.3, 0.4) is 0 Å². The van der Waals surface area contributed by atoms with Crippen molar-refractivity contribution in [2.24, 2.45) is 10.2 Å². The Morgan fingerprint density at radius 2 is 1.90 bits per heavy atom. The number of carbonyl (C=O) groups excluding carboxylic acids is 1. The van der Waals surface area contributed by atoms with Crippen molar-refractivity contribution in [2.45, 2.75) is 13.5 Å². The van der Waals surface area contributed by atoms with E-state index in [1.165, 1.54) is 11.8 Å². The molecular formula is C23H18ClN3O2S. The van der Waals surface area contributed by atoms with E-state index in [2.05, 4.69) is 10.2 Å². The molecule has 150 valence electrons. The van der Waals surface area contributed by atoms with E-state index in [-0.39, 0.29) is 12.5 Å². The topological polar surface area (TPSA) is 58.2 Å². The first-order valence-electron chi connectivity index (χ1n) is 9.26. The van der Waals surface area contributed by atoms with Crippen LogP contribution in [0.5, 0.6) is 0 Å². The van der Waals surface area contributed by atoms with Crippen molar-refractivity contribution in [1.82, 2.24) is 4.90 Å². The molecule has 5 nitrogen and oxygen atoms in total. The second kappa shape index (κ2) is 9.15. The molecule has 0 atom stereocenters. The number of carbonyl (C=O) groups is 1. The quantitative estimate of drug-likeness (QED) is 0.291. The van der Waals surface area contributed by atoms with Crippen LogP contribution in [0.15, 0.2) is 86.5 Å². The maximum atomic E-state index is 13.0. The summed E-state index contributed by atoms with van der Waals surface area (Å²) in [5.41, 5.74) is 2.97. The van der Waals surface area contributed by atoms with E-state index in [1.807, 2.05) is 55.5 Å². The Bertz CT molecular complexity index is 1140. The van der Waals surface area contributed by atoms with Crippen LogP contribution in [0.4, 0.5) is 0 Å². The van der Waals surface area contributed by atoms with Crippen LogP contribution in [-0.4, -0.2) is 22.2 Å². The van der Waals surface area contributed by atoms with Gasteiger partial charge >= 0.3 is 0 Å². The summed E-state index contributed by atoms with van der Waals surface area (Å²) < 4.78 is 5.42. The van der Waals surface area contributed by atoms with Gasteiger partial charge in [0.15, 0.2) is 5.17 Å². The first kappa shape index (κ1) is 20.2. The van der Waals surface area contributed by atoms with Crippen LogP contribution >= 0.6 is 23.4 Å². The third-order valence-electron chi connectivity index (χ3n) is 4.48. The summed E-state index contributed by atoms with van der Waals surface area (Å²) >= 11 is 7.24. The van der Waals surface area contributed by atoms with Gasteiger partial charge in [0.2, 0.25) is 0 Å². The van der Waals surface area contributed by atoms with Gasteiger partial charge < -0.3 is 4.42 Å². The Morgan fingerprint density at radius 3 is 2.63 bits per heavy atom. The number of amides is 1. The molecule has 1 fully saturated rings. The molecule has 2 aromatic carbocycles. The minimum absolute atomic E-state index is 0.142. The lowest BCUT2D eigenvalue weighted by Crippen LogP contribution is -2.28. The molecule has 0 N–H and O–H groups in total. The van der Waals surface area contributed by atoms with Gasteiger partial charge in [-0.2, -0.15) is 5.10 Å². The molecule has 0 saturated carbocycles. The number of benzene rings is 2. The zero-order valence-electron chi connectivity index (χ0n) is 16.2. The van der Waals surface area contributed by atoms with E-state index in [9.17, 15) is 4.79 Å². The summed E-state index contributed by atoms with van der Waals surface area (Å²) in [6.07, 6.45) is 5.10. The fourth-order valence-corrected chi connectivity index (χ4v) is 3.92. The average Bonchev–Trinajstić information content (AvgIpc) is 3.35. The van der Waals surface area contributed by atoms with Crippen LogP contribution in [0.25, 0.3) is 6.08 Å². The van der Waals surface area contributed by atoms with Crippen LogP contribution in [0, 0.1) is 6.92 Å². The predicted molar refractivity (Wildman–Crippen MR) is 122 cm³/mol. The summed E-state index contributed by atoms with van der Waals surface area (Å²) in [7, 11) is 0. The van der Waals surface area contributed by atoms with E-state index in [1.54, 1.807) is 35.6 Å². The Hall–Kier alpha value is -3.09. The van der Waals surface area contributed by atoms with E-state index in [0.717, 1.165) is 16.7 Å². The zero-order valence-corrected chi connectivity index (χ0v) is 17.7. The highest BCUT2D eigenvalue weighted by Crippen LogP contribution is 2.34. The normalized spacial score (nSPS) is 17.0. The van der Waals surface area contributed by atoms with Crippen LogP contribution < -0.4 is 0 Å². The first-order chi connectivity index (χ1) is 14.6. The number of hydrogen-bond donors (Lipinski definition) is 0. The lowest BCUT2D eigenvalue weighted by Gasteiger charge is -2.12. The fourth-order valence-electron chi connectivity index (χ4n) is 2.86. The molecule has 1 aliphatic heterocycles. The second-order valence-corrected chi connectivity index (χ2v) is 8.06. The van der Waals surface area contributed by atoms with Crippen molar-refractivity contribution in [3.63, 3.8) is 0 Å². The van der Waals surface area contributed by atoms with Gasteiger partial charge in [-0.05, 0) is 65.7 Å². The molecule has 0 spiro atoms. The van der Waals surface area contributed by atoms with E-state index < -0.39 is 0 Å². The van der Waals surface area contributed by atoms with Gasteiger partial charge in [-0.3, -0.25) is 9.69 Å². The average molecular weight is 436 g/mol. The van der Waals surface area contributed by atoms with Gasteiger partial charge in [-0.25, -0.2) is 0 Å². The summed E-state index contributed by atoms with van der Waals surface area (Å²) in [6, 6.07) is 18.8. The zero-order chi connectivity index (χ0) is 20.9. The number of nitrogens with zero attached hydrogens (tertiary/aromatic N) is 3. The van der Waals surface area contributed by atoms with Gasteiger partial charge in [0, 0.05) is 5.02 Å². The van der Waals surface area contributed by atoms with Crippen LogP contribution in [-0.2, 0) is 11.3 Å². The van der Waals surface area contributed by atoms with Gasteiger partial charge in [-0.1, -0.05) is 48.0 Å². The standard InChI is InChI=1S/C23H18ClN3O2S/c1-16-5-2-3-6-18(16)14-25-26-23-27(15-20-7-4-12-29-20)22(28)21(30-23)13-17-8-10-19(24)11-9-17/h2-14H,15H2,1H3/b21-13-,25-14+,26-23-. The largest absolute Gasteiger partial charge is 0.467 e. The molecular weight excluding hydrogens is 418 g/mol. The molecule has 3 aromatic rings. The number of hydrogen-bond acceptors (Lipinski definition) is 5. The lowest BCUT2D eigenvalue weighted by molar-refractivity contribution is -0.122. The minimum atomic E-state index is -0.142.